The summed E-state index contributed by atoms with van der Waals surface area (Å²) in [6.45, 7) is 3.95. The molecule has 1 aliphatic rings. The lowest BCUT2D eigenvalue weighted by atomic mass is 9.86. The van der Waals surface area contributed by atoms with Gasteiger partial charge in [0.1, 0.15) is 0 Å². The number of hydrogen-bond acceptors (Lipinski definition) is 4. The minimum absolute atomic E-state index is 0.427. The van der Waals surface area contributed by atoms with Crippen molar-refractivity contribution in [1.82, 2.24) is 0 Å². The van der Waals surface area contributed by atoms with Crippen LogP contribution >= 0.6 is 27.3 Å². The van der Waals surface area contributed by atoms with Gasteiger partial charge in [0.2, 0.25) is 0 Å². The summed E-state index contributed by atoms with van der Waals surface area (Å²) in [6, 6.07) is 4.07. The highest BCUT2D eigenvalue weighted by Gasteiger charge is 2.40. The molecule has 5 heteroatoms. The zero-order valence-corrected chi connectivity index (χ0v) is 12.9. The van der Waals surface area contributed by atoms with Crippen molar-refractivity contribution in [3.05, 3.63) is 20.8 Å². The maximum atomic E-state index is 10.5. The summed E-state index contributed by atoms with van der Waals surface area (Å²) in [5, 5.41) is 10.5. The lowest BCUT2D eigenvalue weighted by Gasteiger charge is -2.40. The number of aliphatic hydroxyl groups is 1. The van der Waals surface area contributed by atoms with E-state index in [9.17, 15) is 5.11 Å². The molecule has 0 aromatic carbocycles. The molecule has 1 fully saturated rings. The van der Waals surface area contributed by atoms with E-state index in [1.165, 1.54) is 4.88 Å². The lowest BCUT2D eigenvalue weighted by molar-refractivity contribution is -0.165. The van der Waals surface area contributed by atoms with E-state index >= 15 is 0 Å². The summed E-state index contributed by atoms with van der Waals surface area (Å²) in [6.07, 6.45) is 1.73. The number of rotatable bonds is 5. The third-order valence-corrected chi connectivity index (χ3v) is 5.05. The highest BCUT2D eigenvalue weighted by Crippen LogP contribution is 2.32. The maximum Gasteiger partial charge on any atom is 0.0987 e. The summed E-state index contributed by atoms with van der Waals surface area (Å²) < 4.78 is 12.4. The second kappa shape index (κ2) is 6.48. The van der Waals surface area contributed by atoms with E-state index in [2.05, 4.69) is 22.0 Å². The molecular formula is C13H19BrO3S. The standard InChI is InChI=1S/C13H19BrO3S/c1-2-17-13(5-7-16-8-6-13)11(15)9-10-3-4-12(14)18-10/h3-4,11,15H,2,5-9H2,1H3. The lowest BCUT2D eigenvalue weighted by Crippen LogP contribution is -2.50. The quantitative estimate of drug-likeness (QED) is 0.899. The zero-order chi connectivity index (χ0) is 13.0. The van der Waals surface area contributed by atoms with Gasteiger partial charge in [-0.3, -0.25) is 0 Å². The largest absolute Gasteiger partial charge is 0.390 e. The van der Waals surface area contributed by atoms with Crippen LogP contribution in [0, 0.1) is 0 Å². The van der Waals surface area contributed by atoms with Crippen molar-refractivity contribution in [2.24, 2.45) is 0 Å². The molecule has 0 amide bonds. The second-order valence-electron chi connectivity index (χ2n) is 4.54. The number of thiophene rings is 1. The molecule has 0 spiro atoms. The zero-order valence-electron chi connectivity index (χ0n) is 10.5. The summed E-state index contributed by atoms with van der Waals surface area (Å²) >= 11 is 5.11. The van der Waals surface area contributed by atoms with E-state index in [1.54, 1.807) is 11.3 Å². The fourth-order valence-corrected chi connectivity index (χ4v) is 3.94. The Morgan fingerprint density at radius 2 is 2.22 bits per heavy atom. The third-order valence-electron chi connectivity index (χ3n) is 3.40. The van der Waals surface area contributed by atoms with Crippen molar-refractivity contribution < 1.29 is 14.6 Å². The van der Waals surface area contributed by atoms with E-state index in [0.717, 1.165) is 16.6 Å². The Morgan fingerprint density at radius 3 is 2.78 bits per heavy atom. The van der Waals surface area contributed by atoms with Gasteiger partial charge in [0.15, 0.2) is 0 Å². The molecule has 18 heavy (non-hydrogen) atoms. The summed E-state index contributed by atoms with van der Waals surface area (Å²) in [7, 11) is 0. The Labute approximate surface area is 120 Å². The fourth-order valence-electron chi connectivity index (χ4n) is 2.42. The van der Waals surface area contributed by atoms with Crippen molar-refractivity contribution in [2.75, 3.05) is 19.8 Å². The highest BCUT2D eigenvalue weighted by atomic mass is 79.9. The van der Waals surface area contributed by atoms with Crippen molar-refractivity contribution in [3.63, 3.8) is 0 Å². The molecule has 1 N–H and O–H groups in total. The van der Waals surface area contributed by atoms with E-state index < -0.39 is 11.7 Å². The molecule has 1 aromatic rings. The van der Waals surface area contributed by atoms with Crippen LogP contribution in [0.2, 0.25) is 0 Å². The smallest absolute Gasteiger partial charge is 0.0987 e. The van der Waals surface area contributed by atoms with Gasteiger partial charge in [-0.05, 0) is 35.0 Å². The van der Waals surface area contributed by atoms with Gasteiger partial charge in [0.05, 0.1) is 15.5 Å². The molecule has 0 radical (unpaired) electrons. The van der Waals surface area contributed by atoms with E-state index in [0.29, 0.717) is 26.2 Å². The van der Waals surface area contributed by atoms with Crippen LogP contribution in [0.25, 0.3) is 0 Å². The van der Waals surface area contributed by atoms with Gasteiger partial charge in [-0.25, -0.2) is 0 Å². The van der Waals surface area contributed by atoms with Gasteiger partial charge in [-0.15, -0.1) is 11.3 Å². The molecular weight excluding hydrogens is 316 g/mol. The Kier molecular flexibility index (Phi) is 5.21. The van der Waals surface area contributed by atoms with Gasteiger partial charge in [-0.1, -0.05) is 0 Å². The van der Waals surface area contributed by atoms with E-state index in [-0.39, 0.29) is 0 Å². The normalized spacial score (nSPS) is 20.8. The van der Waals surface area contributed by atoms with E-state index in [4.69, 9.17) is 9.47 Å². The number of ether oxygens (including phenoxy) is 2. The van der Waals surface area contributed by atoms with Crippen LogP contribution in [-0.4, -0.2) is 36.6 Å². The number of hydrogen-bond donors (Lipinski definition) is 1. The first-order valence-corrected chi connectivity index (χ1v) is 7.91. The van der Waals surface area contributed by atoms with Crippen molar-refractivity contribution >= 4 is 27.3 Å². The number of aliphatic hydroxyl groups excluding tert-OH is 1. The van der Waals surface area contributed by atoms with E-state index in [1.807, 2.05) is 13.0 Å². The first-order valence-electron chi connectivity index (χ1n) is 6.30. The first-order chi connectivity index (χ1) is 8.66. The molecule has 0 aliphatic carbocycles. The van der Waals surface area contributed by atoms with Crippen LogP contribution in [-0.2, 0) is 15.9 Å². The summed E-state index contributed by atoms with van der Waals surface area (Å²) in [5.41, 5.74) is -0.427. The summed E-state index contributed by atoms with van der Waals surface area (Å²) in [5.74, 6) is 0. The Morgan fingerprint density at radius 1 is 1.50 bits per heavy atom. The molecule has 0 bridgehead atoms. The Balaban J connectivity index is 2.05. The second-order valence-corrected chi connectivity index (χ2v) is 7.08. The molecule has 3 nitrogen and oxygen atoms in total. The Bertz CT molecular complexity index is 369. The minimum Gasteiger partial charge on any atom is -0.390 e. The third kappa shape index (κ3) is 3.33. The van der Waals surface area contributed by atoms with Gasteiger partial charge in [0.25, 0.3) is 0 Å². The van der Waals surface area contributed by atoms with Crippen molar-refractivity contribution in [1.29, 1.82) is 0 Å². The SMILES string of the molecule is CCOC1(C(O)Cc2ccc(Br)s2)CCOCC1. The van der Waals surface area contributed by atoms with Crippen molar-refractivity contribution in [2.45, 2.75) is 37.9 Å². The molecule has 2 heterocycles. The van der Waals surface area contributed by atoms with Crippen LogP contribution < -0.4 is 0 Å². The van der Waals surface area contributed by atoms with Crippen molar-refractivity contribution in [3.8, 4) is 0 Å². The van der Waals surface area contributed by atoms with Crippen LogP contribution in [0.3, 0.4) is 0 Å². The fraction of sp³-hybridized carbons (Fsp3) is 0.692. The van der Waals surface area contributed by atoms with Gasteiger partial charge >= 0.3 is 0 Å². The molecule has 1 aliphatic heterocycles. The monoisotopic (exact) mass is 334 g/mol. The Hall–Kier alpha value is 0.0600. The molecule has 1 atom stereocenters. The summed E-state index contributed by atoms with van der Waals surface area (Å²) in [4.78, 5) is 1.18. The molecule has 0 saturated carbocycles. The van der Waals surface area contributed by atoms with Crippen LogP contribution in [0.1, 0.15) is 24.6 Å². The topological polar surface area (TPSA) is 38.7 Å². The van der Waals surface area contributed by atoms with Crippen LogP contribution in [0.5, 0.6) is 0 Å². The molecule has 102 valence electrons. The average Bonchev–Trinajstić information content (AvgIpc) is 2.76. The average molecular weight is 335 g/mol. The van der Waals surface area contributed by atoms with Gasteiger partial charge in [-0.2, -0.15) is 0 Å². The maximum absolute atomic E-state index is 10.5. The molecule has 1 aromatic heterocycles. The van der Waals surface area contributed by atoms with Gasteiger partial charge in [0, 0.05) is 44.0 Å². The molecule has 1 saturated heterocycles. The molecule has 2 rings (SSSR count). The minimum atomic E-state index is -0.466. The predicted octanol–water partition coefficient (Wildman–Crippen LogP) is 3.00. The highest BCUT2D eigenvalue weighted by molar-refractivity contribution is 9.11. The van der Waals surface area contributed by atoms with Gasteiger partial charge < -0.3 is 14.6 Å². The predicted molar refractivity (Wildman–Crippen MR) is 76.1 cm³/mol. The van der Waals surface area contributed by atoms with Crippen LogP contribution in [0.15, 0.2) is 15.9 Å². The van der Waals surface area contributed by atoms with Crippen LogP contribution in [0.4, 0.5) is 0 Å². The molecule has 1 unspecified atom stereocenters. The number of halogens is 1. The first kappa shape index (κ1) is 14.5.